The fourth-order valence-corrected chi connectivity index (χ4v) is 3.47. The fourth-order valence-electron chi connectivity index (χ4n) is 3.47. The summed E-state index contributed by atoms with van der Waals surface area (Å²) in [4.78, 5) is 2.63. The minimum atomic E-state index is 0.332. The average Bonchev–Trinajstić information content (AvgIpc) is 3.06. The second kappa shape index (κ2) is 6.15. The van der Waals surface area contributed by atoms with Gasteiger partial charge in [-0.15, -0.1) is 0 Å². The summed E-state index contributed by atoms with van der Waals surface area (Å²) in [5.74, 6) is 1.10. The van der Waals surface area contributed by atoms with Gasteiger partial charge in [-0.1, -0.05) is 24.6 Å². The van der Waals surface area contributed by atoms with Crippen LogP contribution in [0.25, 0.3) is 0 Å². The Hall–Kier alpha value is -1.06. The lowest BCUT2D eigenvalue weighted by Gasteiger charge is -2.30. The van der Waals surface area contributed by atoms with E-state index in [-0.39, 0.29) is 0 Å². The van der Waals surface area contributed by atoms with E-state index in [1.54, 1.807) is 0 Å². The number of fused-ring (bicyclic) bond motifs is 1. The quantitative estimate of drug-likeness (QED) is 0.892. The zero-order valence-corrected chi connectivity index (χ0v) is 12.7. The van der Waals surface area contributed by atoms with E-state index in [0.29, 0.717) is 12.1 Å². The Morgan fingerprint density at radius 3 is 3.05 bits per heavy atom. The molecule has 3 nitrogen and oxygen atoms in total. The van der Waals surface area contributed by atoms with E-state index in [4.69, 9.17) is 4.74 Å². The Labute approximate surface area is 122 Å². The molecule has 2 atom stereocenters. The van der Waals surface area contributed by atoms with Crippen molar-refractivity contribution >= 4 is 0 Å². The number of nitrogens with zero attached hydrogens (tertiary/aromatic N) is 1. The van der Waals surface area contributed by atoms with E-state index in [1.807, 2.05) is 0 Å². The number of aryl methyl sites for hydroxylation is 1. The summed E-state index contributed by atoms with van der Waals surface area (Å²) in [6, 6.07) is 7.25. The standard InChI is InChI=1S/C17H26N2O/c1-3-8-19(15-6-7-18-11-15)12-16-10-14-9-13(2)4-5-17(14)20-16/h4-5,9,15-16,18H,3,6-8,10-12H2,1-2H3. The highest BCUT2D eigenvalue weighted by Crippen LogP contribution is 2.30. The molecule has 0 spiro atoms. The van der Waals surface area contributed by atoms with E-state index in [9.17, 15) is 0 Å². The molecule has 3 rings (SSSR count). The van der Waals surface area contributed by atoms with Crippen molar-refractivity contribution in [2.24, 2.45) is 0 Å². The summed E-state index contributed by atoms with van der Waals surface area (Å²) >= 11 is 0. The third kappa shape index (κ3) is 2.99. The molecule has 110 valence electrons. The molecule has 0 aromatic heterocycles. The van der Waals surface area contributed by atoms with Crippen molar-refractivity contribution in [2.75, 3.05) is 26.2 Å². The first kappa shape index (κ1) is 13.9. The molecule has 3 heteroatoms. The number of hydrogen-bond donors (Lipinski definition) is 1. The highest BCUT2D eigenvalue weighted by atomic mass is 16.5. The van der Waals surface area contributed by atoms with Crippen molar-refractivity contribution in [3.63, 3.8) is 0 Å². The molecular formula is C17H26N2O. The van der Waals surface area contributed by atoms with Crippen LogP contribution < -0.4 is 10.1 Å². The maximum absolute atomic E-state index is 6.14. The monoisotopic (exact) mass is 274 g/mol. The largest absolute Gasteiger partial charge is 0.488 e. The van der Waals surface area contributed by atoms with E-state index >= 15 is 0 Å². The number of benzene rings is 1. The second-order valence-electron chi connectivity index (χ2n) is 6.20. The zero-order valence-electron chi connectivity index (χ0n) is 12.7. The third-order valence-corrected chi connectivity index (χ3v) is 4.46. The van der Waals surface area contributed by atoms with Crippen LogP contribution in [0.4, 0.5) is 0 Å². The molecule has 1 aromatic rings. The first-order chi connectivity index (χ1) is 9.76. The molecule has 1 fully saturated rings. The maximum atomic E-state index is 6.14. The van der Waals surface area contributed by atoms with Gasteiger partial charge >= 0.3 is 0 Å². The van der Waals surface area contributed by atoms with Gasteiger partial charge < -0.3 is 10.1 Å². The van der Waals surface area contributed by atoms with Gasteiger partial charge in [-0.25, -0.2) is 0 Å². The molecule has 2 aliphatic heterocycles. The van der Waals surface area contributed by atoms with Gasteiger partial charge in [-0.2, -0.15) is 0 Å². The minimum Gasteiger partial charge on any atom is -0.488 e. The van der Waals surface area contributed by atoms with Gasteiger partial charge in [0.2, 0.25) is 0 Å². The number of hydrogen-bond acceptors (Lipinski definition) is 3. The predicted octanol–water partition coefficient (Wildman–Crippen LogP) is 2.37. The Kier molecular flexibility index (Phi) is 4.27. The van der Waals surface area contributed by atoms with E-state index in [1.165, 1.54) is 30.5 Å². The zero-order chi connectivity index (χ0) is 13.9. The molecule has 0 amide bonds. The molecule has 0 radical (unpaired) electrons. The lowest BCUT2D eigenvalue weighted by atomic mass is 10.1. The van der Waals surface area contributed by atoms with Crippen LogP contribution in [0.15, 0.2) is 18.2 Å². The Balaban J connectivity index is 1.62. The first-order valence-corrected chi connectivity index (χ1v) is 7.97. The molecule has 1 N–H and O–H groups in total. The molecule has 0 bridgehead atoms. The molecule has 0 aliphatic carbocycles. The van der Waals surface area contributed by atoms with Crippen LogP contribution in [0, 0.1) is 6.92 Å². The Morgan fingerprint density at radius 1 is 1.40 bits per heavy atom. The summed E-state index contributed by atoms with van der Waals surface area (Å²) in [6.07, 6.45) is 3.89. The van der Waals surface area contributed by atoms with Crippen LogP contribution in [0.3, 0.4) is 0 Å². The molecule has 20 heavy (non-hydrogen) atoms. The number of ether oxygens (including phenoxy) is 1. The lowest BCUT2D eigenvalue weighted by molar-refractivity contribution is 0.121. The van der Waals surface area contributed by atoms with Crippen LogP contribution in [-0.4, -0.2) is 43.2 Å². The predicted molar refractivity (Wildman–Crippen MR) is 82.4 cm³/mol. The molecule has 2 unspecified atom stereocenters. The van der Waals surface area contributed by atoms with Crippen LogP contribution in [-0.2, 0) is 6.42 Å². The summed E-state index contributed by atoms with van der Waals surface area (Å²) < 4.78 is 6.14. The molecule has 1 aromatic carbocycles. The summed E-state index contributed by atoms with van der Waals surface area (Å²) in [6.45, 7) is 8.97. The lowest BCUT2D eigenvalue weighted by Crippen LogP contribution is -2.43. The molecule has 0 saturated carbocycles. The Morgan fingerprint density at radius 2 is 2.30 bits per heavy atom. The van der Waals surface area contributed by atoms with E-state index < -0.39 is 0 Å². The van der Waals surface area contributed by atoms with Crippen LogP contribution in [0.1, 0.15) is 30.9 Å². The highest BCUT2D eigenvalue weighted by molar-refractivity contribution is 5.40. The topological polar surface area (TPSA) is 24.5 Å². The van der Waals surface area contributed by atoms with Gasteiger partial charge in [-0.05, 0) is 44.5 Å². The molecule has 1 saturated heterocycles. The van der Waals surface area contributed by atoms with Crippen molar-refractivity contribution < 1.29 is 4.74 Å². The molecular weight excluding hydrogens is 248 g/mol. The summed E-state index contributed by atoms with van der Waals surface area (Å²) in [5.41, 5.74) is 2.72. The smallest absolute Gasteiger partial charge is 0.123 e. The first-order valence-electron chi connectivity index (χ1n) is 7.97. The van der Waals surface area contributed by atoms with Crippen molar-refractivity contribution in [3.8, 4) is 5.75 Å². The van der Waals surface area contributed by atoms with Crippen LogP contribution in [0.2, 0.25) is 0 Å². The van der Waals surface area contributed by atoms with Crippen LogP contribution in [0.5, 0.6) is 5.75 Å². The normalized spacial score (nSPS) is 24.9. The number of rotatable bonds is 5. The molecule has 2 heterocycles. The van der Waals surface area contributed by atoms with Crippen molar-refractivity contribution in [2.45, 2.75) is 45.3 Å². The minimum absolute atomic E-state index is 0.332. The Bertz CT molecular complexity index is 454. The third-order valence-electron chi connectivity index (χ3n) is 4.46. The van der Waals surface area contributed by atoms with Gasteiger partial charge in [-0.3, -0.25) is 4.90 Å². The van der Waals surface area contributed by atoms with E-state index in [2.05, 4.69) is 42.3 Å². The van der Waals surface area contributed by atoms with Gasteiger partial charge in [0.1, 0.15) is 11.9 Å². The SMILES string of the molecule is CCCN(CC1Cc2cc(C)ccc2O1)C1CCNC1. The van der Waals surface area contributed by atoms with Gasteiger partial charge in [0.25, 0.3) is 0 Å². The van der Waals surface area contributed by atoms with Crippen molar-refractivity contribution in [3.05, 3.63) is 29.3 Å². The summed E-state index contributed by atoms with van der Waals surface area (Å²) in [5, 5.41) is 3.48. The van der Waals surface area contributed by atoms with Crippen LogP contribution >= 0.6 is 0 Å². The maximum Gasteiger partial charge on any atom is 0.123 e. The highest BCUT2D eigenvalue weighted by Gasteiger charge is 2.28. The molecule has 2 aliphatic rings. The summed E-state index contributed by atoms with van der Waals surface area (Å²) in [7, 11) is 0. The van der Waals surface area contributed by atoms with Gasteiger partial charge in [0.15, 0.2) is 0 Å². The fraction of sp³-hybridized carbons (Fsp3) is 0.647. The average molecular weight is 274 g/mol. The van der Waals surface area contributed by atoms with E-state index in [0.717, 1.165) is 31.8 Å². The van der Waals surface area contributed by atoms with Gasteiger partial charge in [0.05, 0.1) is 0 Å². The van der Waals surface area contributed by atoms with Crippen molar-refractivity contribution in [1.82, 2.24) is 10.2 Å². The second-order valence-corrected chi connectivity index (χ2v) is 6.20. The number of nitrogens with one attached hydrogen (secondary N) is 1. The van der Waals surface area contributed by atoms with Crippen molar-refractivity contribution in [1.29, 1.82) is 0 Å². The van der Waals surface area contributed by atoms with Gasteiger partial charge in [0, 0.05) is 25.6 Å².